The van der Waals surface area contributed by atoms with Crippen LogP contribution in [-0.4, -0.2) is 44.0 Å². The normalized spacial score (nSPS) is 14.1. The minimum Gasteiger partial charge on any atom is -0.352 e. The molecule has 0 spiro atoms. The van der Waals surface area contributed by atoms with Gasteiger partial charge in [-0.25, -0.2) is 0 Å². The van der Waals surface area contributed by atoms with Crippen LogP contribution in [0.5, 0.6) is 0 Å². The third kappa shape index (κ3) is 7.20. The molecule has 0 saturated carbocycles. The van der Waals surface area contributed by atoms with Crippen LogP contribution in [0.4, 0.5) is 0 Å². The molecule has 0 aliphatic carbocycles. The molecule has 3 nitrogen and oxygen atoms in total. The molecule has 0 bridgehead atoms. The fourth-order valence-electron chi connectivity index (χ4n) is 1.80. The minimum atomic E-state index is -0.0883. The van der Waals surface area contributed by atoms with Crippen molar-refractivity contribution < 1.29 is 9.47 Å². The van der Waals surface area contributed by atoms with Gasteiger partial charge in [0.2, 0.25) is 0 Å². The lowest BCUT2D eigenvalue weighted by molar-refractivity contribution is -0.148. The van der Waals surface area contributed by atoms with Crippen LogP contribution in [0.15, 0.2) is 0 Å². The first-order valence-electron chi connectivity index (χ1n) is 6.44. The molecule has 0 heterocycles. The van der Waals surface area contributed by atoms with Crippen molar-refractivity contribution in [3.8, 4) is 0 Å². The van der Waals surface area contributed by atoms with Gasteiger partial charge in [0.1, 0.15) is 0 Å². The molecule has 0 aromatic carbocycles. The highest BCUT2D eigenvalue weighted by molar-refractivity contribution is 4.66. The summed E-state index contributed by atoms with van der Waals surface area (Å²) >= 11 is 0. The predicted molar refractivity (Wildman–Crippen MR) is 68.6 cm³/mol. The smallest absolute Gasteiger partial charge is 0.170 e. The average Bonchev–Trinajstić information content (AvgIpc) is 2.17. The van der Waals surface area contributed by atoms with Crippen molar-refractivity contribution >= 4 is 0 Å². The summed E-state index contributed by atoms with van der Waals surface area (Å²) in [6.45, 7) is 13.0. The fraction of sp³-hybridized carbons (Fsp3) is 1.00. The van der Waals surface area contributed by atoms with Gasteiger partial charge in [-0.05, 0) is 40.2 Å². The maximum Gasteiger partial charge on any atom is 0.170 e. The van der Waals surface area contributed by atoms with Crippen LogP contribution in [-0.2, 0) is 9.47 Å². The molecule has 1 unspecified atom stereocenters. The number of ether oxygens (including phenoxy) is 2. The molecule has 0 fully saturated rings. The number of nitrogens with zero attached hydrogens (tertiary/aromatic N) is 1. The van der Waals surface area contributed by atoms with Crippen LogP contribution in [0.3, 0.4) is 0 Å². The zero-order chi connectivity index (χ0) is 12.6. The Balaban J connectivity index is 4.00. The van der Waals surface area contributed by atoms with E-state index in [1.807, 2.05) is 13.8 Å². The molecule has 0 aliphatic rings. The number of rotatable bonds is 9. The summed E-state index contributed by atoms with van der Waals surface area (Å²) in [6, 6.07) is 0.573. The van der Waals surface area contributed by atoms with Crippen molar-refractivity contribution in [2.75, 3.05) is 26.8 Å². The molecule has 0 radical (unpaired) electrons. The molecule has 0 aliphatic heterocycles. The van der Waals surface area contributed by atoms with Crippen molar-refractivity contribution in [3.05, 3.63) is 0 Å². The van der Waals surface area contributed by atoms with E-state index in [0.717, 1.165) is 12.5 Å². The summed E-state index contributed by atoms with van der Waals surface area (Å²) in [5, 5.41) is 0. The Labute approximate surface area is 101 Å². The first-order chi connectivity index (χ1) is 7.51. The first kappa shape index (κ1) is 15.9. The highest BCUT2D eigenvalue weighted by Crippen LogP contribution is 2.10. The van der Waals surface area contributed by atoms with E-state index in [0.29, 0.717) is 19.3 Å². The Hall–Kier alpha value is -0.120. The van der Waals surface area contributed by atoms with Crippen molar-refractivity contribution in [1.82, 2.24) is 4.90 Å². The third-order valence-electron chi connectivity index (χ3n) is 2.71. The highest BCUT2D eigenvalue weighted by Gasteiger charge is 2.16. The summed E-state index contributed by atoms with van der Waals surface area (Å²) in [7, 11) is 2.14. The molecule has 3 heteroatoms. The Bertz CT molecular complexity index is 156. The Morgan fingerprint density at radius 1 is 1.00 bits per heavy atom. The van der Waals surface area contributed by atoms with E-state index < -0.39 is 0 Å². The Kier molecular flexibility index (Phi) is 8.90. The van der Waals surface area contributed by atoms with Crippen molar-refractivity contribution in [3.63, 3.8) is 0 Å². The molecule has 0 saturated heterocycles. The van der Waals surface area contributed by atoms with E-state index in [1.165, 1.54) is 6.42 Å². The molecular formula is C13H29NO2. The Morgan fingerprint density at radius 3 is 1.88 bits per heavy atom. The van der Waals surface area contributed by atoms with E-state index in [9.17, 15) is 0 Å². The SMILES string of the molecule is CCOC(CN(C)C(C)CC(C)C)OCC. The van der Waals surface area contributed by atoms with Gasteiger partial charge in [-0.2, -0.15) is 0 Å². The van der Waals surface area contributed by atoms with Crippen LogP contribution >= 0.6 is 0 Å². The average molecular weight is 231 g/mol. The van der Waals surface area contributed by atoms with Gasteiger partial charge in [-0.15, -0.1) is 0 Å². The van der Waals surface area contributed by atoms with Gasteiger partial charge in [0.15, 0.2) is 6.29 Å². The van der Waals surface area contributed by atoms with Crippen LogP contribution in [0.2, 0.25) is 0 Å². The molecule has 0 aromatic rings. The van der Waals surface area contributed by atoms with Crippen LogP contribution in [0, 0.1) is 5.92 Å². The summed E-state index contributed by atoms with van der Waals surface area (Å²) in [5.41, 5.74) is 0. The maximum atomic E-state index is 5.54. The minimum absolute atomic E-state index is 0.0883. The molecule has 0 amide bonds. The zero-order valence-corrected chi connectivity index (χ0v) is 11.8. The summed E-state index contributed by atoms with van der Waals surface area (Å²) < 4.78 is 11.1. The standard InChI is InChI=1S/C13H29NO2/c1-7-15-13(16-8-2)10-14(6)12(5)9-11(3)4/h11-13H,7-10H2,1-6H3. The van der Waals surface area contributed by atoms with Crippen LogP contribution < -0.4 is 0 Å². The van der Waals surface area contributed by atoms with Crippen LogP contribution in [0.1, 0.15) is 41.0 Å². The molecule has 16 heavy (non-hydrogen) atoms. The molecular weight excluding hydrogens is 202 g/mol. The highest BCUT2D eigenvalue weighted by atomic mass is 16.7. The lowest BCUT2D eigenvalue weighted by Crippen LogP contribution is -2.39. The molecule has 0 rings (SSSR count). The second-order valence-electron chi connectivity index (χ2n) is 4.76. The lowest BCUT2D eigenvalue weighted by atomic mass is 10.0. The molecule has 98 valence electrons. The van der Waals surface area contributed by atoms with E-state index in [-0.39, 0.29) is 6.29 Å². The maximum absolute atomic E-state index is 5.54. The number of hydrogen-bond acceptors (Lipinski definition) is 3. The lowest BCUT2D eigenvalue weighted by Gasteiger charge is -2.29. The van der Waals surface area contributed by atoms with Gasteiger partial charge in [-0.3, -0.25) is 4.90 Å². The van der Waals surface area contributed by atoms with Crippen LogP contribution in [0.25, 0.3) is 0 Å². The topological polar surface area (TPSA) is 21.7 Å². The van der Waals surface area contributed by atoms with Gasteiger partial charge in [-0.1, -0.05) is 13.8 Å². The number of hydrogen-bond donors (Lipinski definition) is 0. The van der Waals surface area contributed by atoms with Crippen molar-refractivity contribution in [2.45, 2.75) is 53.4 Å². The van der Waals surface area contributed by atoms with Crippen molar-refractivity contribution in [1.29, 1.82) is 0 Å². The van der Waals surface area contributed by atoms with Gasteiger partial charge in [0.25, 0.3) is 0 Å². The predicted octanol–water partition coefficient (Wildman–Crippen LogP) is 2.75. The number of likely N-dealkylation sites (N-methyl/N-ethyl adjacent to an activating group) is 1. The Morgan fingerprint density at radius 2 is 1.50 bits per heavy atom. The first-order valence-corrected chi connectivity index (χ1v) is 6.44. The van der Waals surface area contributed by atoms with E-state index in [1.54, 1.807) is 0 Å². The second-order valence-corrected chi connectivity index (χ2v) is 4.76. The monoisotopic (exact) mass is 231 g/mol. The fourth-order valence-corrected chi connectivity index (χ4v) is 1.80. The van der Waals surface area contributed by atoms with Gasteiger partial charge in [0.05, 0.1) is 0 Å². The van der Waals surface area contributed by atoms with Gasteiger partial charge < -0.3 is 9.47 Å². The quantitative estimate of drug-likeness (QED) is 0.570. The summed E-state index contributed by atoms with van der Waals surface area (Å²) in [6.07, 6.45) is 1.12. The van der Waals surface area contributed by atoms with Crippen molar-refractivity contribution in [2.24, 2.45) is 5.92 Å². The molecule has 1 atom stereocenters. The van der Waals surface area contributed by atoms with Gasteiger partial charge in [0, 0.05) is 25.8 Å². The van der Waals surface area contributed by atoms with Gasteiger partial charge >= 0.3 is 0 Å². The van der Waals surface area contributed by atoms with E-state index in [2.05, 4.69) is 32.7 Å². The summed E-state index contributed by atoms with van der Waals surface area (Å²) in [4.78, 5) is 2.32. The zero-order valence-electron chi connectivity index (χ0n) is 11.8. The van der Waals surface area contributed by atoms with E-state index >= 15 is 0 Å². The van der Waals surface area contributed by atoms with E-state index in [4.69, 9.17) is 9.47 Å². The third-order valence-corrected chi connectivity index (χ3v) is 2.71. The molecule has 0 aromatic heterocycles. The summed E-state index contributed by atoms with van der Waals surface area (Å²) in [5.74, 6) is 0.732. The second kappa shape index (κ2) is 8.97. The molecule has 0 N–H and O–H groups in total. The largest absolute Gasteiger partial charge is 0.352 e.